The van der Waals surface area contributed by atoms with Crippen LogP contribution in [0.3, 0.4) is 0 Å². The van der Waals surface area contributed by atoms with E-state index in [0.717, 1.165) is 36.2 Å². The molecule has 0 spiro atoms. The minimum Gasteiger partial charge on any atom is -0.396 e. The van der Waals surface area contributed by atoms with Gasteiger partial charge in [0.1, 0.15) is 0 Å². The lowest BCUT2D eigenvalue weighted by atomic mass is 9.90. The van der Waals surface area contributed by atoms with Crippen LogP contribution in [-0.4, -0.2) is 41.7 Å². The first kappa shape index (κ1) is 15.8. The lowest BCUT2D eigenvalue weighted by Gasteiger charge is -2.38. The fourth-order valence-electron chi connectivity index (χ4n) is 2.73. The fraction of sp³-hybridized carbons (Fsp3) is 0.588. The molecular weight excluding hydrogens is 264 g/mol. The lowest BCUT2D eigenvalue weighted by molar-refractivity contribution is 0.0563. The molecule has 1 amide bonds. The van der Waals surface area contributed by atoms with Gasteiger partial charge >= 0.3 is 0 Å². The van der Waals surface area contributed by atoms with Gasteiger partial charge in [0.15, 0.2) is 0 Å². The van der Waals surface area contributed by atoms with Crippen LogP contribution in [0.2, 0.25) is 0 Å². The predicted octanol–water partition coefficient (Wildman–Crippen LogP) is 2.80. The van der Waals surface area contributed by atoms with E-state index in [4.69, 9.17) is 5.11 Å². The molecule has 2 N–H and O–H groups in total. The van der Waals surface area contributed by atoms with E-state index in [1.54, 1.807) is 0 Å². The molecular formula is C17H26N2O2. The third-order valence-corrected chi connectivity index (χ3v) is 4.11. The normalized spacial score (nSPS) is 14.6. The van der Waals surface area contributed by atoms with Gasteiger partial charge in [-0.05, 0) is 57.2 Å². The number of rotatable bonds is 7. The summed E-state index contributed by atoms with van der Waals surface area (Å²) in [6, 6.07) is 6.28. The highest BCUT2D eigenvalue weighted by Gasteiger charge is 2.29. The summed E-state index contributed by atoms with van der Waals surface area (Å²) in [6.45, 7) is 5.63. The second-order valence-corrected chi connectivity index (χ2v) is 5.74. The quantitative estimate of drug-likeness (QED) is 0.812. The van der Waals surface area contributed by atoms with Gasteiger partial charge in [-0.1, -0.05) is 6.07 Å². The van der Waals surface area contributed by atoms with Crippen LogP contribution in [-0.2, 0) is 0 Å². The Morgan fingerprint density at radius 3 is 2.76 bits per heavy atom. The standard InChI is InChI=1S/C17H26N2O2/c1-3-18-16-12-13(2)8-9-15(16)17(21)19(10-5-11-20)14-6-4-7-14/h8-9,12,14,18,20H,3-7,10-11H2,1-2H3. The molecule has 1 aliphatic rings. The van der Waals surface area contributed by atoms with Gasteiger partial charge in [-0.3, -0.25) is 4.79 Å². The van der Waals surface area contributed by atoms with Crippen molar-refractivity contribution in [2.24, 2.45) is 0 Å². The average Bonchev–Trinajstić information content (AvgIpc) is 2.41. The molecule has 1 aromatic carbocycles. The molecule has 0 bridgehead atoms. The van der Waals surface area contributed by atoms with Crippen LogP contribution in [0.5, 0.6) is 0 Å². The number of carbonyl (C=O) groups excluding carboxylic acids is 1. The van der Waals surface area contributed by atoms with E-state index in [0.29, 0.717) is 19.0 Å². The number of hydrogen-bond donors (Lipinski definition) is 2. The van der Waals surface area contributed by atoms with Crippen molar-refractivity contribution in [3.63, 3.8) is 0 Å². The molecule has 0 atom stereocenters. The van der Waals surface area contributed by atoms with Crippen LogP contribution in [0.1, 0.15) is 48.5 Å². The largest absolute Gasteiger partial charge is 0.396 e. The highest BCUT2D eigenvalue weighted by Crippen LogP contribution is 2.28. The van der Waals surface area contributed by atoms with Crippen LogP contribution >= 0.6 is 0 Å². The maximum absolute atomic E-state index is 12.9. The zero-order valence-electron chi connectivity index (χ0n) is 13.1. The van der Waals surface area contributed by atoms with Gasteiger partial charge in [0.2, 0.25) is 0 Å². The van der Waals surface area contributed by atoms with Gasteiger partial charge in [0.25, 0.3) is 5.91 Å². The Balaban J connectivity index is 2.22. The van der Waals surface area contributed by atoms with Gasteiger partial charge in [-0.2, -0.15) is 0 Å². The van der Waals surface area contributed by atoms with E-state index in [-0.39, 0.29) is 12.5 Å². The molecule has 1 aliphatic carbocycles. The third kappa shape index (κ3) is 3.76. The van der Waals surface area contributed by atoms with Crippen molar-refractivity contribution >= 4 is 11.6 Å². The number of anilines is 1. The Morgan fingerprint density at radius 1 is 1.43 bits per heavy atom. The fourth-order valence-corrected chi connectivity index (χ4v) is 2.73. The first-order valence-electron chi connectivity index (χ1n) is 7.93. The highest BCUT2D eigenvalue weighted by atomic mass is 16.3. The minimum atomic E-state index is 0.0871. The SMILES string of the molecule is CCNc1cc(C)ccc1C(=O)N(CCCO)C1CCC1. The zero-order chi connectivity index (χ0) is 15.2. The summed E-state index contributed by atoms with van der Waals surface area (Å²) in [5, 5.41) is 12.4. The second-order valence-electron chi connectivity index (χ2n) is 5.74. The van der Waals surface area contributed by atoms with E-state index in [2.05, 4.69) is 5.32 Å². The molecule has 2 rings (SSSR count). The number of aliphatic hydroxyl groups is 1. The second kappa shape index (κ2) is 7.46. The molecule has 0 heterocycles. The highest BCUT2D eigenvalue weighted by molar-refractivity contribution is 6.00. The molecule has 1 aromatic rings. The Labute approximate surface area is 127 Å². The molecule has 0 aliphatic heterocycles. The van der Waals surface area contributed by atoms with Crippen LogP contribution in [0.4, 0.5) is 5.69 Å². The monoisotopic (exact) mass is 290 g/mol. The van der Waals surface area contributed by atoms with Crippen LogP contribution in [0.25, 0.3) is 0 Å². The molecule has 0 aromatic heterocycles. The molecule has 0 saturated heterocycles. The van der Waals surface area contributed by atoms with Crippen molar-refractivity contribution in [1.29, 1.82) is 0 Å². The average molecular weight is 290 g/mol. The molecule has 0 radical (unpaired) electrons. The van der Waals surface area contributed by atoms with Gasteiger partial charge < -0.3 is 15.3 Å². The maximum atomic E-state index is 12.9. The summed E-state index contributed by atoms with van der Waals surface area (Å²) < 4.78 is 0. The van der Waals surface area contributed by atoms with Crippen molar-refractivity contribution in [3.05, 3.63) is 29.3 Å². The first-order valence-corrected chi connectivity index (χ1v) is 7.93. The molecule has 4 nitrogen and oxygen atoms in total. The number of hydrogen-bond acceptors (Lipinski definition) is 3. The zero-order valence-corrected chi connectivity index (χ0v) is 13.1. The predicted molar refractivity (Wildman–Crippen MR) is 85.7 cm³/mol. The molecule has 0 unspecified atom stereocenters. The number of benzene rings is 1. The van der Waals surface area contributed by atoms with E-state index in [1.165, 1.54) is 6.42 Å². The number of nitrogens with zero attached hydrogens (tertiary/aromatic N) is 1. The van der Waals surface area contributed by atoms with Gasteiger partial charge in [-0.15, -0.1) is 0 Å². The maximum Gasteiger partial charge on any atom is 0.256 e. The molecule has 21 heavy (non-hydrogen) atoms. The van der Waals surface area contributed by atoms with Crippen LogP contribution in [0.15, 0.2) is 18.2 Å². The topological polar surface area (TPSA) is 52.6 Å². The smallest absolute Gasteiger partial charge is 0.256 e. The number of nitrogens with one attached hydrogen (secondary N) is 1. The summed E-state index contributed by atoms with van der Waals surface area (Å²) in [5.74, 6) is 0.0871. The summed E-state index contributed by atoms with van der Waals surface area (Å²) in [6.07, 6.45) is 4.01. The molecule has 1 fully saturated rings. The van der Waals surface area contributed by atoms with E-state index >= 15 is 0 Å². The number of aryl methyl sites for hydroxylation is 1. The van der Waals surface area contributed by atoms with Crippen LogP contribution in [0, 0.1) is 6.92 Å². The Hall–Kier alpha value is -1.55. The Bertz CT molecular complexity index is 484. The third-order valence-electron chi connectivity index (χ3n) is 4.11. The summed E-state index contributed by atoms with van der Waals surface area (Å²) in [4.78, 5) is 14.8. The summed E-state index contributed by atoms with van der Waals surface area (Å²) >= 11 is 0. The number of aliphatic hydroxyl groups excluding tert-OH is 1. The van der Waals surface area contributed by atoms with E-state index in [1.807, 2.05) is 36.9 Å². The van der Waals surface area contributed by atoms with Crippen molar-refractivity contribution in [3.8, 4) is 0 Å². The van der Waals surface area contributed by atoms with Crippen molar-refractivity contribution in [1.82, 2.24) is 4.90 Å². The van der Waals surface area contributed by atoms with E-state index < -0.39 is 0 Å². The summed E-state index contributed by atoms with van der Waals surface area (Å²) in [7, 11) is 0. The lowest BCUT2D eigenvalue weighted by Crippen LogP contribution is -2.45. The summed E-state index contributed by atoms with van der Waals surface area (Å²) in [5.41, 5.74) is 2.80. The first-order chi connectivity index (χ1) is 10.2. The molecule has 4 heteroatoms. The van der Waals surface area contributed by atoms with Crippen molar-refractivity contribution in [2.45, 2.75) is 45.6 Å². The Kier molecular flexibility index (Phi) is 5.62. The number of carbonyl (C=O) groups is 1. The van der Waals surface area contributed by atoms with E-state index in [9.17, 15) is 4.79 Å². The van der Waals surface area contributed by atoms with Gasteiger partial charge in [-0.25, -0.2) is 0 Å². The minimum absolute atomic E-state index is 0.0871. The van der Waals surface area contributed by atoms with Crippen molar-refractivity contribution < 1.29 is 9.90 Å². The Morgan fingerprint density at radius 2 is 2.19 bits per heavy atom. The molecule has 1 saturated carbocycles. The van der Waals surface area contributed by atoms with Gasteiger partial charge in [0, 0.05) is 31.4 Å². The van der Waals surface area contributed by atoms with Crippen molar-refractivity contribution in [2.75, 3.05) is 25.0 Å². The molecule has 116 valence electrons. The number of amides is 1. The van der Waals surface area contributed by atoms with Gasteiger partial charge in [0.05, 0.1) is 5.56 Å². The van der Waals surface area contributed by atoms with Crippen LogP contribution < -0.4 is 5.32 Å².